The molecule has 0 aliphatic carbocycles. The molecule has 1 unspecified atom stereocenters. The number of nitrogens with one attached hydrogen (secondary N) is 2. The molecule has 2 N–H and O–H groups in total. The lowest BCUT2D eigenvalue weighted by Gasteiger charge is -2.33. The second-order valence-corrected chi connectivity index (χ2v) is 16.0. The van der Waals surface area contributed by atoms with E-state index < -0.39 is 23.7 Å². The number of benzene rings is 2. The molecule has 296 valence electrons. The summed E-state index contributed by atoms with van der Waals surface area (Å²) in [6, 6.07) is 13.5. The van der Waals surface area contributed by atoms with Gasteiger partial charge in [0.15, 0.2) is 0 Å². The molecule has 7 rings (SSSR count). The van der Waals surface area contributed by atoms with Crippen molar-refractivity contribution in [2.24, 2.45) is 7.05 Å². The first-order valence-electron chi connectivity index (χ1n) is 19.0. The lowest BCUT2D eigenvalue weighted by atomic mass is 9.88. The SMILES string of the molecule is CN(CCCN1CCC(c2cccc3c2n(C)c(=O)n3C2CCC(=O)NC2=O)CC1)c1cc(SN2CCC(Nc3ncc(C(F)(F)F)cn3)CC2)ccc1C#N. The van der Waals surface area contributed by atoms with E-state index in [1.54, 1.807) is 28.1 Å². The summed E-state index contributed by atoms with van der Waals surface area (Å²) in [6.45, 7) is 5.08. The number of anilines is 2. The quantitative estimate of drug-likeness (QED) is 0.151. The fourth-order valence-corrected chi connectivity index (χ4v) is 9.08. The highest BCUT2D eigenvalue weighted by molar-refractivity contribution is 7.97. The van der Waals surface area contributed by atoms with E-state index in [0.29, 0.717) is 12.0 Å². The van der Waals surface area contributed by atoms with Crippen LogP contribution in [0.2, 0.25) is 0 Å². The van der Waals surface area contributed by atoms with Crippen molar-refractivity contribution in [2.75, 3.05) is 56.5 Å². The zero-order valence-corrected chi connectivity index (χ0v) is 32.2. The molecule has 17 heteroatoms. The maximum atomic E-state index is 13.4. The molecule has 2 aromatic carbocycles. The first-order valence-corrected chi connectivity index (χ1v) is 19.8. The van der Waals surface area contributed by atoms with Crippen LogP contribution in [0, 0.1) is 11.3 Å². The molecule has 1 atom stereocenters. The van der Waals surface area contributed by atoms with Crippen LogP contribution in [0.4, 0.5) is 24.8 Å². The van der Waals surface area contributed by atoms with Gasteiger partial charge in [-0.15, -0.1) is 0 Å². The zero-order valence-electron chi connectivity index (χ0n) is 31.4. The van der Waals surface area contributed by atoms with Crippen molar-refractivity contribution in [3.8, 4) is 6.07 Å². The highest BCUT2D eigenvalue weighted by Crippen LogP contribution is 2.35. The van der Waals surface area contributed by atoms with E-state index in [0.717, 1.165) is 111 Å². The molecule has 2 amide bonds. The summed E-state index contributed by atoms with van der Waals surface area (Å²) < 4.78 is 44.0. The normalized spacial score (nSPS) is 19.2. The number of carbonyl (C=O) groups is 2. The van der Waals surface area contributed by atoms with Crippen molar-refractivity contribution >= 4 is 46.4 Å². The number of hydrogen-bond donors (Lipinski definition) is 2. The maximum Gasteiger partial charge on any atom is 0.419 e. The number of imidazole rings is 1. The van der Waals surface area contributed by atoms with Crippen LogP contribution in [-0.2, 0) is 22.8 Å². The Morgan fingerprint density at radius 2 is 1.75 bits per heavy atom. The van der Waals surface area contributed by atoms with Gasteiger partial charge >= 0.3 is 11.9 Å². The highest BCUT2D eigenvalue weighted by Gasteiger charge is 2.33. The van der Waals surface area contributed by atoms with Gasteiger partial charge in [-0.25, -0.2) is 19.1 Å². The Morgan fingerprint density at radius 3 is 2.43 bits per heavy atom. The van der Waals surface area contributed by atoms with Crippen molar-refractivity contribution in [3.63, 3.8) is 0 Å². The van der Waals surface area contributed by atoms with Gasteiger partial charge in [0.25, 0.3) is 0 Å². The van der Waals surface area contributed by atoms with E-state index in [1.165, 1.54) is 0 Å². The second-order valence-electron chi connectivity index (χ2n) is 14.8. The molecule has 0 saturated carbocycles. The molecule has 5 heterocycles. The molecule has 3 aliphatic heterocycles. The highest BCUT2D eigenvalue weighted by atomic mass is 32.2. The van der Waals surface area contributed by atoms with E-state index in [9.17, 15) is 32.8 Å². The van der Waals surface area contributed by atoms with Gasteiger partial charge in [0.1, 0.15) is 12.1 Å². The predicted molar refractivity (Wildman–Crippen MR) is 207 cm³/mol. The number of para-hydroxylation sites is 1. The number of piperidine rings is 3. The Hall–Kier alpha value is -4.92. The summed E-state index contributed by atoms with van der Waals surface area (Å²) in [7, 11) is 3.77. The van der Waals surface area contributed by atoms with Crippen LogP contribution in [-0.4, -0.2) is 92.5 Å². The molecular weight excluding hydrogens is 746 g/mol. The molecule has 2 aromatic heterocycles. The van der Waals surface area contributed by atoms with E-state index in [1.807, 2.05) is 31.3 Å². The van der Waals surface area contributed by atoms with Crippen LogP contribution >= 0.6 is 11.9 Å². The molecule has 0 bridgehead atoms. The summed E-state index contributed by atoms with van der Waals surface area (Å²) in [6.07, 6.45) is 2.01. The Balaban J connectivity index is 0.894. The maximum absolute atomic E-state index is 13.4. The van der Waals surface area contributed by atoms with Crippen molar-refractivity contribution < 1.29 is 22.8 Å². The van der Waals surface area contributed by atoms with E-state index >= 15 is 0 Å². The number of likely N-dealkylation sites (tertiary alicyclic amines) is 1. The number of nitriles is 1. The molecule has 13 nitrogen and oxygen atoms in total. The average molecular weight is 791 g/mol. The average Bonchev–Trinajstić information content (AvgIpc) is 3.44. The first-order chi connectivity index (χ1) is 26.9. The van der Waals surface area contributed by atoms with E-state index in [-0.39, 0.29) is 35.9 Å². The van der Waals surface area contributed by atoms with Crippen molar-refractivity contribution in [1.29, 1.82) is 5.26 Å². The van der Waals surface area contributed by atoms with E-state index in [4.69, 9.17) is 0 Å². The third kappa shape index (κ3) is 8.57. The van der Waals surface area contributed by atoms with Gasteiger partial charge in [0.05, 0.1) is 27.8 Å². The van der Waals surface area contributed by atoms with Crippen LogP contribution in [0.25, 0.3) is 11.0 Å². The molecule has 0 spiro atoms. The number of fused-ring (bicyclic) bond motifs is 1. The number of carbonyl (C=O) groups excluding carboxylic acids is 2. The number of hydrogen-bond acceptors (Lipinski definition) is 11. The summed E-state index contributed by atoms with van der Waals surface area (Å²) in [5, 5.41) is 15.4. The fourth-order valence-electron chi connectivity index (χ4n) is 8.10. The van der Waals surface area contributed by atoms with Crippen molar-refractivity contribution in [1.82, 2.24) is 33.6 Å². The Bertz CT molecular complexity index is 2170. The molecule has 3 saturated heterocycles. The minimum atomic E-state index is -4.47. The van der Waals surface area contributed by atoms with Crippen LogP contribution < -0.4 is 21.2 Å². The molecule has 3 aliphatic rings. The van der Waals surface area contributed by atoms with Gasteiger partial charge in [0, 0.05) is 63.5 Å². The number of imide groups is 1. The molecular formula is C39H45F3N10O3S. The first kappa shape index (κ1) is 39.3. The molecule has 56 heavy (non-hydrogen) atoms. The zero-order chi connectivity index (χ0) is 39.6. The molecule has 4 aromatic rings. The lowest BCUT2D eigenvalue weighted by molar-refractivity contribution is -0.138. The number of amides is 2. The number of alkyl halides is 3. The van der Waals surface area contributed by atoms with Crippen molar-refractivity contribution in [3.05, 3.63) is 76.0 Å². The number of halogens is 3. The smallest absolute Gasteiger partial charge is 0.373 e. The van der Waals surface area contributed by atoms with Gasteiger partial charge in [-0.05, 0) is 106 Å². The van der Waals surface area contributed by atoms with E-state index in [2.05, 4.69) is 52.9 Å². The summed E-state index contributed by atoms with van der Waals surface area (Å²) in [5.41, 5.74) is 3.07. The number of nitrogens with zero attached hydrogens (tertiary/aromatic N) is 8. The number of aromatic nitrogens is 4. The number of aryl methyl sites for hydroxylation is 1. The van der Waals surface area contributed by atoms with Crippen LogP contribution in [0.5, 0.6) is 0 Å². The summed E-state index contributed by atoms with van der Waals surface area (Å²) in [4.78, 5) is 51.2. The van der Waals surface area contributed by atoms with Crippen LogP contribution in [0.1, 0.15) is 73.6 Å². The summed E-state index contributed by atoms with van der Waals surface area (Å²) >= 11 is 1.64. The van der Waals surface area contributed by atoms with Crippen LogP contribution in [0.15, 0.2) is 58.5 Å². The van der Waals surface area contributed by atoms with Gasteiger partial charge in [0.2, 0.25) is 17.8 Å². The monoisotopic (exact) mass is 790 g/mol. The van der Waals surface area contributed by atoms with Gasteiger partial charge in [-0.3, -0.25) is 24.0 Å². The minimum Gasteiger partial charge on any atom is -0.373 e. The lowest BCUT2D eigenvalue weighted by Crippen LogP contribution is -2.44. The topological polar surface area (TPSA) is 144 Å². The fraction of sp³-hybridized carbons (Fsp3) is 0.487. The van der Waals surface area contributed by atoms with Crippen molar-refractivity contribution in [2.45, 2.75) is 74.0 Å². The minimum absolute atomic E-state index is 0.0567. The standard InChI is InChI=1S/C39H45F3N10O3S/c1-48(33-21-29(8-7-26(33)22-43)56-51-19-13-28(14-20-51)46-37-44-23-27(24-45-37)39(40,41)42)15-4-16-50-17-11-25(12-18-50)30-5-3-6-31-35(30)49(2)38(55)52(31)32-9-10-34(53)47-36(32)54/h3,5-8,21,23-25,28,32H,4,9-20H2,1-2H3,(H,44,45,46)(H,47,53,54). The number of rotatable bonds is 11. The summed E-state index contributed by atoms with van der Waals surface area (Å²) in [5.74, 6) is -0.279. The largest absolute Gasteiger partial charge is 0.419 e. The Morgan fingerprint density at radius 1 is 1.02 bits per heavy atom. The Labute approximate surface area is 327 Å². The second kappa shape index (κ2) is 16.7. The molecule has 0 radical (unpaired) electrons. The van der Waals surface area contributed by atoms with Gasteiger partial charge < -0.3 is 15.1 Å². The molecule has 3 fully saturated rings. The van der Waals surface area contributed by atoms with Crippen LogP contribution in [0.3, 0.4) is 0 Å². The predicted octanol–water partition coefficient (Wildman–Crippen LogP) is 5.29. The van der Waals surface area contributed by atoms with Gasteiger partial charge in [-0.2, -0.15) is 18.4 Å². The van der Waals surface area contributed by atoms with Gasteiger partial charge in [-0.1, -0.05) is 12.1 Å². The third-order valence-corrected chi connectivity index (χ3v) is 12.2. The Kier molecular flexibility index (Phi) is 11.7. The third-order valence-electron chi connectivity index (χ3n) is 11.2.